The Morgan fingerprint density at radius 1 is 1.39 bits per heavy atom. The molecule has 0 radical (unpaired) electrons. The van der Waals surface area contributed by atoms with Gasteiger partial charge in [-0.15, -0.1) is 11.8 Å². The topological polar surface area (TPSA) is 85.1 Å². The van der Waals surface area contributed by atoms with Crippen molar-refractivity contribution in [1.29, 1.82) is 0 Å². The van der Waals surface area contributed by atoms with Crippen molar-refractivity contribution in [2.75, 3.05) is 17.1 Å². The molecule has 6 nitrogen and oxygen atoms in total. The number of sulfone groups is 1. The maximum atomic E-state index is 11.3. The lowest BCUT2D eigenvalue weighted by atomic mass is 9.95. The Bertz CT molecular complexity index is 769. The third-order valence-corrected chi connectivity index (χ3v) is 6.57. The van der Waals surface area contributed by atoms with E-state index in [0.29, 0.717) is 15.6 Å². The van der Waals surface area contributed by atoms with E-state index in [1.165, 1.54) is 23.4 Å². The molecule has 10 heteroatoms. The minimum Gasteiger partial charge on any atom is -0.382 e. The lowest BCUT2D eigenvalue weighted by Gasteiger charge is -2.29. The molecule has 1 aromatic heterocycles. The van der Waals surface area contributed by atoms with Gasteiger partial charge in [-0.3, -0.25) is 0 Å². The van der Waals surface area contributed by atoms with Crippen molar-refractivity contribution in [2.24, 2.45) is 0 Å². The van der Waals surface area contributed by atoms with Crippen LogP contribution in [-0.4, -0.2) is 45.4 Å². The standard InChI is InChI=1S/C13H15Cl2N3O3S2/c1-23(20,21)9-22-6-13(19,5-18-8-16-7-17-18)11-3-2-10(14)4-12(11)15/h2-4,7-8,19H,5-6,9H2,1H3. The minimum absolute atomic E-state index is 0.0884. The zero-order chi connectivity index (χ0) is 17.1. The molecular weight excluding hydrogens is 381 g/mol. The van der Waals surface area contributed by atoms with Crippen LogP contribution in [-0.2, 0) is 22.0 Å². The molecule has 1 aromatic carbocycles. The van der Waals surface area contributed by atoms with E-state index >= 15 is 0 Å². The van der Waals surface area contributed by atoms with E-state index < -0.39 is 15.4 Å². The Labute approximate surface area is 148 Å². The second-order valence-electron chi connectivity index (χ2n) is 5.14. The predicted molar refractivity (Wildman–Crippen MR) is 92.5 cm³/mol. The van der Waals surface area contributed by atoms with Gasteiger partial charge in [-0.2, -0.15) is 5.10 Å². The van der Waals surface area contributed by atoms with E-state index in [1.54, 1.807) is 12.1 Å². The first-order chi connectivity index (χ1) is 10.7. The highest BCUT2D eigenvalue weighted by Crippen LogP contribution is 2.34. The molecule has 23 heavy (non-hydrogen) atoms. The van der Waals surface area contributed by atoms with Gasteiger partial charge in [0, 0.05) is 27.6 Å². The maximum absolute atomic E-state index is 11.3. The van der Waals surface area contributed by atoms with Crippen LogP contribution in [0.3, 0.4) is 0 Å². The zero-order valence-corrected chi connectivity index (χ0v) is 15.3. The molecule has 1 N–H and O–H groups in total. The minimum atomic E-state index is -3.14. The predicted octanol–water partition coefficient (Wildman–Crippen LogP) is 2.21. The molecule has 0 aliphatic rings. The number of benzene rings is 1. The molecule has 2 rings (SSSR count). The van der Waals surface area contributed by atoms with Gasteiger partial charge in [-0.25, -0.2) is 18.1 Å². The van der Waals surface area contributed by atoms with E-state index in [9.17, 15) is 13.5 Å². The van der Waals surface area contributed by atoms with Crippen LogP contribution in [0.25, 0.3) is 0 Å². The van der Waals surface area contributed by atoms with Gasteiger partial charge in [0.2, 0.25) is 0 Å². The number of halogens is 2. The van der Waals surface area contributed by atoms with Gasteiger partial charge in [-0.1, -0.05) is 29.3 Å². The van der Waals surface area contributed by atoms with Crippen molar-refractivity contribution in [2.45, 2.75) is 12.1 Å². The summed E-state index contributed by atoms with van der Waals surface area (Å²) in [6, 6.07) is 4.78. The first kappa shape index (κ1) is 18.5. The Morgan fingerprint density at radius 2 is 2.13 bits per heavy atom. The first-order valence-electron chi connectivity index (χ1n) is 6.45. The van der Waals surface area contributed by atoms with E-state index in [4.69, 9.17) is 23.2 Å². The number of nitrogens with zero attached hydrogens (tertiary/aromatic N) is 3. The number of thioether (sulfide) groups is 1. The van der Waals surface area contributed by atoms with Crippen molar-refractivity contribution >= 4 is 44.8 Å². The summed E-state index contributed by atoms with van der Waals surface area (Å²) in [7, 11) is -3.14. The van der Waals surface area contributed by atoms with E-state index in [2.05, 4.69) is 10.1 Å². The highest BCUT2D eigenvalue weighted by Gasteiger charge is 2.33. The Balaban J connectivity index is 2.29. The fourth-order valence-corrected chi connectivity index (χ4v) is 4.73. The van der Waals surface area contributed by atoms with Gasteiger partial charge < -0.3 is 5.11 Å². The Kier molecular flexibility index (Phi) is 5.96. The van der Waals surface area contributed by atoms with Gasteiger partial charge >= 0.3 is 0 Å². The molecule has 0 fully saturated rings. The van der Waals surface area contributed by atoms with Gasteiger partial charge in [0.1, 0.15) is 18.3 Å². The molecule has 1 unspecified atom stereocenters. The number of aliphatic hydroxyl groups is 1. The molecule has 126 valence electrons. The summed E-state index contributed by atoms with van der Waals surface area (Å²) in [5.74, 6) is 0.126. The number of aromatic nitrogens is 3. The van der Waals surface area contributed by atoms with Crippen LogP contribution in [0.5, 0.6) is 0 Å². The summed E-state index contributed by atoms with van der Waals surface area (Å²) >= 11 is 13.2. The number of hydrogen-bond acceptors (Lipinski definition) is 6. The number of hydrogen-bond donors (Lipinski definition) is 1. The average Bonchev–Trinajstić information content (AvgIpc) is 2.89. The summed E-state index contributed by atoms with van der Waals surface area (Å²) < 4.78 is 24.1. The largest absolute Gasteiger partial charge is 0.382 e. The molecule has 1 atom stereocenters. The molecule has 0 aliphatic carbocycles. The number of rotatable bonds is 7. The van der Waals surface area contributed by atoms with Gasteiger partial charge in [0.15, 0.2) is 9.84 Å². The summed E-state index contributed by atoms with van der Waals surface area (Å²) in [4.78, 5) is 3.84. The van der Waals surface area contributed by atoms with Crippen LogP contribution in [0.4, 0.5) is 0 Å². The fourth-order valence-electron chi connectivity index (χ4n) is 2.02. The SMILES string of the molecule is CS(=O)(=O)CSCC(O)(Cn1cncn1)c1ccc(Cl)cc1Cl. The second-order valence-corrected chi connectivity index (χ2v) is 9.48. The third kappa shape index (κ3) is 5.36. The van der Waals surface area contributed by atoms with Crippen LogP contribution in [0.15, 0.2) is 30.9 Å². The lowest BCUT2D eigenvalue weighted by molar-refractivity contribution is 0.0398. The Hall–Kier alpha value is -0.800. The quantitative estimate of drug-likeness (QED) is 0.773. The zero-order valence-electron chi connectivity index (χ0n) is 12.2. The lowest BCUT2D eigenvalue weighted by Crippen LogP contribution is -2.35. The van der Waals surface area contributed by atoms with Crippen molar-refractivity contribution < 1.29 is 13.5 Å². The van der Waals surface area contributed by atoms with Crippen molar-refractivity contribution in [3.63, 3.8) is 0 Å². The van der Waals surface area contributed by atoms with E-state index in [0.717, 1.165) is 18.0 Å². The average molecular weight is 396 g/mol. The molecule has 0 bridgehead atoms. The van der Waals surface area contributed by atoms with Crippen LogP contribution in [0, 0.1) is 0 Å². The molecular formula is C13H15Cl2N3O3S2. The van der Waals surface area contributed by atoms with Crippen LogP contribution >= 0.6 is 35.0 Å². The van der Waals surface area contributed by atoms with Crippen molar-refractivity contribution in [3.8, 4) is 0 Å². The Morgan fingerprint density at radius 3 is 2.70 bits per heavy atom. The summed E-state index contributed by atoms with van der Waals surface area (Å²) in [5, 5.41) is 15.7. The first-order valence-corrected chi connectivity index (χ1v) is 10.4. The van der Waals surface area contributed by atoms with Crippen molar-refractivity contribution in [1.82, 2.24) is 14.8 Å². The molecule has 0 aliphatic heterocycles. The van der Waals surface area contributed by atoms with Crippen molar-refractivity contribution in [3.05, 3.63) is 46.5 Å². The fraction of sp³-hybridized carbons (Fsp3) is 0.385. The third-order valence-electron chi connectivity index (χ3n) is 2.96. The van der Waals surface area contributed by atoms with Gasteiger partial charge in [0.05, 0.1) is 11.6 Å². The normalized spacial score (nSPS) is 14.6. The van der Waals surface area contributed by atoms with Crippen LogP contribution in [0.1, 0.15) is 5.56 Å². The molecule has 0 spiro atoms. The monoisotopic (exact) mass is 395 g/mol. The molecule has 0 amide bonds. The van der Waals surface area contributed by atoms with Crippen LogP contribution < -0.4 is 0 Å². The molecule has 0 saturated carbocycles. The highest BCUT2D eigenvalue weighted by atomic mass is 35.5. The molecule has 1 heterocycles. The molecule has 2 aromatic rings. The molecule has 0 saturated heterocycles. The smallest absolute Gasteiger partial charge is 0.156 e. The summed E-state index contributed by atoms with van der Waals surface area (Å²) in [6.07, 6.45) is 3.97. The van der Waals surface area contributed by atoms with Gasteiger partial charge in [-0.05, 0) is 12.1 Å². The summed E-state index contributed by atoms with van der Waals surface area (Å²) in [6.45, 7) is 0.0884. The van der Waals surface area contributed by atoms with Crippen LogP contribution in [0.2, 0.25) is 10.0 Å². The highest BCUT2D eigenvalue weighted by molar-refractivity contribution is 8.12. The maximum Gasteiger partial charge on any atom is 0.156 e. The van der Waals surface area contributed by atoms with Gasteiger partial charge in [0.25, 0.3) is 0 Å². The van der Waals surface area contributed by atoms with E-state index in [-0.39, 0.29) is 17.4 Å². The van der Waals surface area contributed by atoms with E-state index in [1.807, 2.05) is 0 Å². The summed E-state index contributed by atoms with van der Waals surface area (Å²) in [5.41, 5.74) is -0.954. The second kappa shape index (κ2) is 7.40.